The maximum absolute atomic E-state index is 12.6. The van der Waals surface area contributed by atoms with Gasteiger partial charge < -0.3 is 10.2 Å². The summed E-state index contributed by atoms with van der Waals surface area (Å²) in [7, 11) is 1.98. The summed E-state index contributed by atoms with van der Waals surface area (Å²) < 4.78 is 27.3. The molecule has 1 rings (SSSR count). The Balaban J connectivity index is 3.00. The van der Waals surface area contributed by atoms with Gasteiger partial charge in [-0.3, -0.25) is 0 Å². The number of sulfonamides is 1. The van der Waals surface area contributed by atoms with E-state index in [1.165, 1.54) is 4.31 Å². The van der Waals surface area contributed by atoms with Crippen LogP contribution in [0.2, 0.25) is 0 Å². The van der Waals surface area contributed by atoms with Crippen LogP contribution in [0.25, 0.3) is 0 Å². The first-order chi connectivity index (χ1) is 9.78. The molecule has 0 spiro atoms. The van der Waals surface area contributed by atoms with E-state index in [4.69, 9.17) is 0 Å². The van der Waals surface area contributed by atoms with E-state index in [0.29, 0.717) is 29.0 Å². The van der Waals surface area contributed by atoms with Crippen molar-refractivity contribution in [1.29, 1.82) is 0 Å². The summed E-state index contributed by atoms with van der Waals surface area (Å²) in [6.45, 7) is 4.67. The predicted molar refractivity (Wildman–Crippen MR) is 89.9 cm³/mol. The molecule has 0 heterocycles. The zero-order chi connectivity index (χ0) is 16.0. The molecule has 1 aromatic carbocycles. The van der Waals surface area contributed by atoms with Gasteiger partial charge in [0, 0.05) is 31.2 Å². The van der Waals surface area contributed by atoms with E-state index in [9.17, 15) is 8.42 Å². The topological polar surface area (TPSA) is 52.7 Å². The lowest BCUT2D eigenvalue weighted by Crippen LogP contribution is -2.33. The Morgan fingerprint density at radius 3 is 2.43 bits per heavy atom. The van der Waals surface area contributed by atoms with E-state index < -0.39 is 10.0 Å². The normalized spacial score (nSPS) is 12.3. The first kappa shape index (κ1) is 18.6. The molecule has 0 unspecified atom stereocenters. The van der Waals surface area contributed by atoms with Gasteiger partial charge >= 0.3 is 0 Å². The van der Waals surface area contributed by atoms with Crippen molar-refractivity contribution in [2.45, 2.75) is 18.4 Å². The summed E-state index contributed by atoms with van der Waals surface area (Å²) in [5.41, 5.74) is 0.958. The molecule has 0 aliphatic heterocycles. The van der Waals surface area contributed by atoms with Gasteiger partial charge in [-0.05, 0) is 54.3 Å². The molecule has 1 aromatic rings. The van der Waals surface area contributed by atoms with Crippen LogP contribution in [0.1, 0.15) is 12.5 Å². The second-order valence-corrected chi connectivity index (χ2v) is 8.04. The lowest BCUT2D eigenvalue weighted by Gasteiger charge is -2.20. The largest absolute Gasteiger partial charge is 0.313 e. The lowest BCUT2D eigenvalue weighted by molar-refractivity contribution is 0.358. The van der Waals surface area contributed by atoms with Crippen molar-refractivity contribution in [2.75, 3.05) is 40.8 Å². The van der Waals surface area contributed by atoms with Crippen LogP contribution in [0, 0.1) is 0 Å². The third kappa shape index (κ3) is 5.34. The number of likely N-dealkylation sites (N-methyl/N-ethyl adjacent to an activating group) is 2. The van der Waals surface area contributed by atoms with E-state index in [-0.39, 0.29) is 0 Å². The molecule has 0 atom stereocenters. The summed E-state index contributed by atoms with van der Waals surface area (Å²) in [5, 5.41) is 3.20. The van der Waals surface area contributed by atoms with Crippen molar-refractivity contribution in [3.63, 3.8) is 0 Å². The molecule has 0 aliphatic rings. The summed E-state index contributed by atoms with van der Waals surface area (Å²) >= 11 is 3.35. The molecule has 1 N–H and O–H groups in total. The van der Waals surface area contributed by atoms with Crippen molar-refractivity contribution in [3.05, 3.63) is 28.2 Å². The van der Waals surface area contributed by atoms with Crippen LogP contribution in [-0.4, -0.2) is 58.4 Å². The molecule has 0 aromatic heterocycles. The molecule has 0 bridgehead atoms. The number of benzene rings is 1. The lowest BCUT2D eigenvalue weighted by atomic mass is 10.2. The summed E-state index contributed by atoms with van der Waals surface area (Å²) in [4.78, 5) is 2.28. The molecular weight excluding hydrogens is 354 g/mol. The summed E-state index contributed by atoms with van der Waals surface area (Å²) in [6.07, 6.45) is 0. The van der Waals surface area contributed by atoms with Gasteiger partial charge in [-0.25, -0.2) is 8.42 Å². The molecule has 0 radical (unpaired) electrons. The zero-order valence-electron chi connectivity index (χ0n) is 13.1. The van der Waals surface area contributed by atoms with Crippen LogP contribution in [0.4, 0.5) is 0 Å². The van der Waals surface area contributed by atoms with Gasteiger partial charge in [-0.2, -0.15) is 4.31 Å². The van der Waals surface area contributed by atoms with Gasteiger partial charge in [0.1, 0.15) is 0 Å². The van der Waals surface area contributed by atoms with E-state index in [2.05, 4.69) is 21.2 Å². The fourth-order valence-electron chi connectivity index (χ4n) is 1.75. The quantitative estimate of drug-likeness (QED) is 0.749. The fraction of sp³-hybridized carbons (Fsp3) is 0.571. The van der Waals surface area contributed by atoms with Gasteiger partial charge in [0.05, 0.1) is 4.90 Å². The van der Waals surface area contributed by atoms with E-state index in [1.807, 2.05) is 32.0 Å². The summed E-state index contributed by atoms with van der Waals surface area (Å²) in [6, 6.07) is 5.44. The molecule has 120 valence electrons. The van der Waals surface area contributed by atoms with Crippen molar-refractivity contribution in [1.82, 2.24) is 14.5 Å². The molecule has 0 saturated carbocycles. The highest BCUT2D eigenvalue weighted by molar-refractivity contribution is 9.10. The first-order valence-corrected chi connectivity index (χ1v) is 9.12. The SMILES string of the molecule is CCNCc1ccc(Br)c(S(=O)(=O)N(C)CCN(C)C)c1. The Hall–Kier alpha value is -0.470. The minimum absolute atomic E-state index is 0.319. The van der Waals surface area contributed by atoms with Crippen molar-refractivity contribution in [2.24, 2.45) is 0 Å². The molecule has 0 amide bonds. The Labute approximate surface area is 136 Å². The van der Waals surface area contributed by atoms with Crippen LogP contribution >= 0.6 is 15.9 Å². The Morgan fingerprint density at radius 2 is 1.86 bits per heavy atom. The molecule has 0 saturated heterocycles. The molecule has 7 heteroatoms. The van der Waals surface area contributed by atoms with Crippen molar-refractivity contribution < 1.29 is 8.42 Å². The number of nitrogens with zero attached hydrogens (tertiary/aromatic N) is 2. The predicted octanol–water partition coefficient (Wildman–Crippen LogP) is 1.74. The summed E-state index contributed by atoms with van der Waals surface area (Å²) in [5.74, 6) is 0. The van der Waals surface area contributed by atoms with Crippen molar-refractivity contribution in [3.8, 4) is 0 Å². The molecule has 5 nitrogen and oxygen atoms in total. The zero-order valence-corrected chi connectivity index (χ0v) is 15.5. The third-order valence-electron chi connectivity index (χ3n) is 3.13. The second kappa shape index (κ2) is 8.24. The Morgan fingerprint density at radius 1 is 1.19 bits per heavy atom. The molecular formula is C14H24BrN3O2S. The molecule has 0 aliphatic carbocycles. The van der Waals surface area contributed by atoms with Crippen LogP contribution in [-0.2, 0) is 16.6 Å². The minimum atomic E-state index is -3.48. The van der Waals surface area contributed by atoms with Gasteiger partial charge in [0.15, 0.2) is 0 Å². The third-order valence-corrected chi connectivity index (χ3v) is 5.98. The number of hydrogen-bond acceptors (Lipinski definition) is 4. The highest BCUT2D eigenvalue weighted by Gasteiger charge is 2.23. The standard InChI is InChI=1S/C14H24BrN3O2S/c1-5-16-11-12-6-7-13(15)14(10-12)21(19,20)18(4)9-8-17(2)3/h6-7,10,16H,5,8-9,11H2,1-4H3. The van der Waals surface area contributed by atoms with Gasteiger partial charge in [0.25, 0.3) is 0 Å². The van der Waals surface area contributed by atoms with Crippen LogP contribution < -0.4 is 5.32 Å². The van der Waals surface area contributed by atoms with Crippen LogP contribution in [0.15, 0.2) is 27.6 Å². The maximum Gasteiger partial charge on any atom is 0.243 e. The molecule has 0 fully saturated rings. The Bertz CT molecular complexity index is 561. The first-order valence-electron chi connectivity index (χ1n) is 6.89. The highest BCUT2D eigenvalue weighted by atomic mass is 79.9. The number of rotatable bonds is 8. The maximum atomic E-state index is 12.6. The van der Waals surface area contributed by atoms with E-state index in [0.717, 1.165) is 12.1 Å². The Kier molecular flexibility index (Phi) is 7.29. The highest BCUT2D eigenvalue weighted by Crippen LogP contribution is 2.25. The average Bonchev–Trinajstić information content (AvgIpc) is 2.43. The number of hydrogen-bond donors (Lipinski definition) is 1. The van der Waals surface area contributed by atoms with Gasteiger partial charge in [-0.1, -0.05) is 13.0 Å². The smallest absolute Gasteiger partial charge is 0.243 e. The molecule has 21 heavy (non-hydrogen) atoms. The average molecular weight is 378 g/mol. The van der Waals surface area contributed by atoms with Gasteiger partial charge in [-0.15, -0.1) is 0 Å². The van der Waals surface area contributed by atoms with Gasteiger partial charge in [0.2, 0.25) is 10.0 Å². The van der Waals surface area contributed by atoms with E-state index >= 15 is 0 Å². The monoisotopic (exact) mass is 377 g/mol. The van der Waals surface area contributed by atoms with Crippen LogP contribution in [0.5, 0.6) is 0 Å². The number of halogens is 1. The fourth-order valence-corrected chi connectivity index (χ4v) is 3.89. The minimum Gasteiger partial charge on any atom is -0.313 e. The van der Waals surface area contributed by atoms with Crippen LogP contribution in [0.3, 0.4) is 0 Å². The number of nitrogens with one attached hydrogen (secondary N) is 1. The second-order valence-electron chi connectivity index (χ2n) is 5.17. The van der Waals surface area contributed by atoms with Crippen molar-refractivity contribution >= 4 is 26.0 Å². The van der Waals surface area contributed by atoms with E-state index in [1.54, 1.807) is 19.2 Å².